The molecule has 0 aromatic heterocycles. The molecule has 6 heteroatoms. The number of methoxy groups -OCH3 is 1. The van der Waals surface area contributed by atoms with Gasteiger partial charge in [0.1, 0.15) is 5.75 Å². The van der Waals surface area contributed by atoms with Crippen LogP contribution in [0.4, 0.5) is 5.69 Å². The number of carboxylic acids is 1. The van der Waals surface area contributed by atoms with E-state index in [1.54, 1.807) is 23.0 Å². The van der Waals surface area contributed by atoms with E-state index in [1.807, 2.05) is 32.0 Å². The van der Waals surface area contributed by atoms with E-state index < -0.39 is 5.97 Å². The minimum Gasteiger partial charge on any atom is -0.495 e. The van der Waals surface area contributed by atoms with E-state index in [0.29, 0.717) is 18.8 Å². The third-order valence-corrected chi connectivity index (χ3v) is 3.46. The van der Waals surface area contributed by atoms with Gasteiger partial charge in [-0.3, -0.25) is 9.59 Å². The average molecular weight is 308 g/mol. The van der Waals surface area contributed by atoms with Crippen LogP contribution in [0.25, 0.3) is 0 Å². The van der Waals surface area contributed by atoms with Gasteiger partial charge in [0.05, 0.1) is 25.8 Å². The summed E-state index contributed by atoms with van der Waals surface area (Å²) in [6.45, 7) is 5.50. The summed E-state index contributed by atoms with van der Waals surface area (Å²) in [4.78, 5) is 26.7. The third-order valence-electron chi connectivity index (χ3n) is 3.46. The van der Waals surface area contributed by atoms with Gasteiger partial charge in [-0.15, -0.1) is 0 Å². The van der Waals surface area contributed by atoms with Crippen molar-refractivity contribution in [2.45, 2.75) is 20.3 Å². The average Bonchev–Trinajstić information content (AvgIpc) is 2.52. The summed E-state index contributed by atoms with van der Waals surface area (Å²) in [6.07, 6.45) is -0.0381. The number of aliphatic carboxylic acids is 1. The molecule has 122 valence electrons. The Morgan fingerprint density at radius 2 is 1.82 bits per heavy atom. The molecule has 0 unspecified atom stereocenters. The molecule has 0 aliphatic carbocycles. The second-order valence-corrected chi connectivity index (χ2v) is 4.80. The molecule has 0 heterocycles. The quantitative estimate of drug-likeness (QED) is 0.754. The van der Waals surface area contributed by atoms with Gasteiger partial charge < -0.3 is 19.6 Å². The van der Waals surface area contributed by atoms with Crippen LogP contribution in [0.5, 0.6) is 5.75 Å². The monoisotopic (exact) mass is 308 g/mol. The molecule has 0 aliphatic heterocycles. The number of carboxylic acid groups (broad SMARTS) is 1. The van der Waals surface area contributed by atoms with Crippen molar-refractivity contribution >= 4 is 17.6 Å². The first-order chi connectivity index (χ1) is 10.5. The largest absolute Gasteiger partial charge is 0.495 e. The van der Waals surface area contributed by atoms with Crippen molar-refractivity contribution in [2.75, 3.05) is 38.2 Å². The molecule has 0 bridgehead atoms. The first-order valence-electron chi connectivity index (χ1n) is 7.41. The highest BCUT2D eigenvalue weighted by Crippen LogP contribution is 2.27. The van der Waals surface area contributed by atoms with E-state index in [9.17, 15) is 9.59 Å². The van der Waals surface area contributed by atoms with Gasteiger partial charge in [-0.25, -0.2) is 0 Å². The molecule has 1 N–H and O–H groups in total. The second-order valence-electron chi connectivity index (χ2n) is 4.80. The van der Waals surface area contributed by atoms with Crippen molar-refractivity contribution in [1.29, 1.82) is 0 Å². The van der Waals surface area contributed by atoms with Crippen LogP contribution in [0.2, 0.25) is 0 Å². The fourth-order valence-electron chi connectivity index (χ4n) is 2.25. The van der Waals surface area contributed by atoms with Crippen molar-refractivity contribution in [2.24, 2.45) is 0 Å². The Morgan fingerprint density at radius 1 is 1.18 bits per heavy atom. The zero-order chi connectivity index (χ0) is 16.5. The lowest BCUT2D eigenvalue weighted by molar-refractivity contribution is -0.137. The molecular weight excluding hydrogens is 284 g/mol. The Labute approximate surface area is 131 Å². The number of ether oxygens (including phenoxy) is 1. The van der Waals surface area contributed by atoms with E-state index in [1.165, 1.54) is 0 Å². The molecule has 6 nitrogen and oxygen atoms in total. The van der Waals surface area contributed by atoms with Crippen LogP contribution >= 0.6 is 0 Å². The summed E-state index contributed by atoms with van der Waals surface area (Å²) in [5.74, 6) is -0.295. The number of anilines is 1. The fourth-order valence-corrected chi connectivity index (χ4v) is 2.25. The first kappa shape index (κ1) is 17.8. The molecular formula is C16H24N2O4. The van der Waals surface area contributed by atoms with Crippen molar-refractivity contribution in [3.8, 4) is 5.75 Å². The molecule has 0 saturated carbocycles. The number of likely N-dealkylation sites (N-methyl/N-ethyl adjacent to an activating group) is 1. The molecule has 1 aromatic carbocycles. The number of hydrogen-bond donors (Lipinski definition) is 1. The summed E-state index contributed by atoms with van der Waals surface area (Å²) in [5, 5.41) is 8.92. The minimum absolute atomic E-state index is 0.0266. The normalized spacial score (nSPS) is 10.1. The zero-order valence-corrected chi connectivity index (χ0v) is 13.4. The molecule has 1 aromatic rings. The van der Waals surface area contributed by atoms with Gasteiger partial charge in [0.15, 0.2) is 0 Å². The number of hydrogen-bond acceptors (Lipinski definition) is 4. The molecule has 1 rings (SSSR count). The summed E-state index contributed by atoms with van der Waals surface area (Å²) in [6, 6.07) is 7.30. The van der Waals surface area contributed by atoms with Gasteiger partial charge in [-0.2, -0.15) is 0 Å². The predicted molar refractivity (Wildman–Crippen MR) is 85.4 cm³/mol. The molecule has 0 saturated heterocycles. The van der Waals surface area contributed by atoms with E-state index in [0.717, 1.165) is 5.69 Å². The van der Waals surface area contributed by atoms with Crippen LogP contribution in [-0.2, 0) is 9.59 Å². The lowest BCUT2D eigenvalue weighted by Crippen LogP contribution is -2.41. The summed E-state index contributed by atoms with van der Waals surface area (Å²) >= 11 is 0. The number of para-hydroxylation sites is 2. The number of rotatable bonds is 9. The lowest BCUT2D eigenvalue weighted by Gasteiger charge is -2.28. The molecule has 22 heavy (non-hydrogen) atoms. The van der Waals surface area contributed by atoms with Crippen LogP contribution in [0.3, 0.4) is 0 Å². The van der Waals surface area contributed by atoms with Crippen LogP contribution < -0.4 is 9.64 Å². The lowest BCUT2D eigenvalue weighted by atomic mass is 10.2. The predicted octanol–water partition coefficient (Wildman–Crippen LogP) is 1.84. The molecule has 0 fully saturated rings. The maximum atomic E-state index is 12.3. The van der Waals surface area contributed by atoms with Crippen molar-refractivity contribution in [3.63, 3.8) is 0 Å². The number of amides is 1. The van der Waals surface area contributed by atoms with E-state index >= 15 is 0 Å². The number of carbonyl (C=O) groups excluding carboxylic acids is 1. The SMILES string of the molecule is CCN(CC)C(=O)CN(CCC(=O)O)c1ccccc1OC. The Morgan fingerprint density at radius 3 is 2.36 bits per heavy atom. The zero-order valence-electron chi connectivity index (χ0n) is 13.4. The van der Waals surface area contributed by atoms with Gasteiger partial charge in [-0.1, -0.05) is 12.1 Å². The van der Waals surface area contributed by atoms with E-state index in [2.05, 4.69) is 0 Å². The fraction of sp³-hybridized carbons (Fsp3) is 0.500. The smallest absolute Gasteiger partial charge is 0.305 e. The van der Waals surface area contributed by atoms with E-state index in [-0.39, 0.29) is 25.4 Å². The maximum Gasteiger partial charge on any atom is 0.305 e. The highest BCUT2D eigenvalue weighted by Gasteiger charge is 2.19. The van der Waals surface area contributed by atoms with Gasteiger partial charge in [0, 0.05) is 19.6 Å². The van der Waals surface area contributed by atoms with E-state index in [4.69, 9.17) is 9.84 Å². The second kappa shape index (κ2) is 8.92. The molecule has 0 spiro atoms. The summed E-state index contributed by atoms with van der Waals surface area (Å²) < 4.78 is 5.31. The van der Waals surface area contributed by atoms with Gasteiger partial charge >= 0.3 is 5.97 Å². The van der Waals surface area contributed by atoms with Crippen LogP contribution in [0.1, 0.15) is 20.3 Å². The molecule has 0 atom stereocenters. The van der Waals surface area contributed by atoms with Crippen molar-refractivity contribution < 1.29 is 19.4 Å². The standard InChI is InChI=1S/C16H24N2O4/c1-4-17(5-2)15(19)12-18(11-10-16(20)21)13-8-6-7-9-14(13)22-3/h6-9H,4-5,10-12H2,1-3H3,(H,20,21). The number of nitrogens with zero attached hydrogens (tertiary/aromatic N) is 2. The topological polar surface area (TPSA) is 70.1 Å². The Kier molecular flexibility index (Phi) is 7.22. The van der Waals surface area contributed by atoms with Crippen LogP contribution in [-0.4, -0.2) is 55.2 Å². The first-order valence-corrected chi connectivity index (χ1v) is 7.41. The van der Waals surface area contributed by atoms with Crippen LogP contribution in [0, 0.1) is 0 Å². The Hall–Kier alpha value is -2.24. The molecule has 0 aliphatic rings. The molecule has 0 radical (unpaired) electrons. The summed E-state index contributed by atoms with van der Waals surface area (Å²) in [5.41, 5.74) is 0.728. The third kappa shape index (κ3) is 4.95. The highest BCUT2D eigenvalue weighted by molar-refractivity contribution is 5.82. The van der Waals surface area contributed by atoms with Gasteiger partial charge in [0.25, 0.3) is 0 Å². The summed E-state index contributed by atoms with van der Waals surface area (Å²) in [7, 11) is 1.56. The Bertz CT molecular complexity index is 501. The maximum absolute atomic E-state index is 12.3. The van der Waals surface area contributed by atoms with Gasteiger partial charge in [0.2, 0.25) is 5.91 Å². The van der Waals surface area contributed by atoms with Crippen LogP contribution in [0.15, 0.2) is 24.3 Å². The van der Waals surface area contributed by atoms with Crippen molar-refractivity contribution in [3.05, 3.63) is 24.3 Å². The number of carbonyl (C=O) groups is 2. The van der Waals surface area contributed by atoms with Crippen molar-refractivity contribution in [1.82, 2.24) is 4.90 Å². The Balaban J connectivity index is 2.97. The highest BCUT2D eigenvalue weighted by atomic mass is 16.5. The molecule has 1 amide bonds. The number of benzene rings is 1. The van der Waals surface area contributed by atoms with Gasteiger partial charge in [-0.05, 0) is 26.0 Å². The minimum atomic E-state index is -0.893.